The summed E-state index contributed by atoms with van der Waals surface area (Å²) in [4.78, 5) is 11.2. The molecule has 0 fully saturated rings. The summed E-state index contributed by atoms with van der Waals surface area (Å²) in [5.41, 5.74) is 6.25. The van der Waals surface area contributed by atoms with E-state index < -0.39 is 12.0 Å². The molecule has 6 nitrogen and oxygen atoms in total. The summed E-state index contributed by atoms with van der Waals surface area (Å²) in [6, 6.07) is -1.19. The van der Waals surface area contributed by atoms with Gasteiger partial charge in [0, 0.05) is 5.56 Å². The van der Waals surface area contributed by atoms with E-state index in [4.69, 9.17) is 16.0 Å². The van der Waals surface area contributed by atoms with Crippen molar-refractivity contribution in [3.05, 3.63) is 17.5 Å². The molecule has 0 radical (unpaired) electrons. The molecule has 0 unspecified atom stereocenters. The molecular weight excluding hydrogens is 186 g/mol. The number of carboxylic acids is 1. The van der Waals surface area contributed by atoms with E-state index >= 15 is 0 Å². The first-order valence-electron chi connectivity index (χ1n) is 4.20. The predicted octanol–water partition coefficient (Wildman–Crippen LogP) is 0.328. The van der Waals surface area contributed by atoms with Crippen LogP contribution in [0.25, 0.3) is 0 Å². The highest BCUT2D eigenvalue weighted by Gasteiger charge is 2.23. The lowest BCUT2D eigenvalue weighted by Crippen LogP contribution is -2.22. The molecule has 0 aliphatic carbocycles. The fourth-order valence-corrected chi connectivity index (χ4v) is 1.19. The quantitative estimate of drug-likeness (QED) is 0.609. The first-order valence-corrected chi connectivity index (χ1v) is 4.20. The summed E-state index contributed by atoms with van der Waals surface area (Å²) < 4.78 is 0. The van der Waals surface area contributed by atoms with Gasteiger partial charge in [0.05, 0.1) is 11.9 Å². The number of rotatable bonds is 3. The van der Waals surface area contributed by atoms with Gasteiger partial charge >= 0.3 is 5.97 Å². The maximum Gasteiger partial charge on any atom is 0.326 e. The van der Waals surface area contributed by atoms with Crippen LogP contribution in [-0.2, 0) is 4.79 Å². The monoisotopic (exact) mass is 199 g/mol. The zero-order chi connectivity index (χ0) is 10.9. The van der Waals surface area contributed by atoms with Crippen LogP contribution in [0.4, 0.5) is 0 Å². The van der Waals surface area contributed by atoms with E-state index in [-0.39, 0.29) is 11.6 Å². The summed E-state index contributed by atoms with van der Waals surface area (Å²) in [5, 5.41) is 21.4. The molecule has 0 aromatic carbocycles. The van der Waals surface area contributed by atoms with Gasteiger partial charge in [-0.1, -0.05) is 13.8 Å². The van der Waals surface area contributed by atoms with Crippen LogP contribution in [-0.4, -0.2) is 26.2 Å². The molecule has 0 saturated carbocycles. The Balaban J connectivity index is 3.12. The summed E-state index contributed by atoms with van der Waals surface area (Å²) in [6.45, 7) is 3.74. The van der Waals surface area contributed by atoms with Gasteiger partial charge in [-0.25, -0.2) is 0 Å². The summed E-state index contributed by atoms with van der Waals surface area (Å²) in [5.74, 6) is -1.10. The van der Waals surface area contributed by atoms with Crippen LogP contribution >= 0.6 is 0 Å². The molecule has 1 rings (SSSR count). The van der Waals surface area contributed by atoms with Gasteiger partial charge < -0.3 is 16.0 Å². The Bertz CT molecular complexity index is 346. The van der Waals surface area contributed by atoms with E-state index in [1.165, 1.54) is 6.20 Å². The van der Waals surface area contributed by atoms with Gasteiger partial charge in [-0.05, 0) is 5.92 Å². The Morgan fingerprint density at radius 3 is 2.64 bits per heavy atom. The number of aromatic nitrogens is 2. The van der Waals surface area contributed by atoms with Crippen LogP contribution in [0.1, 0.15) is 37.1 Å². The molecule has 78 valence electrons. The predicted molar refractivity (Wildman–Crippen MR) is 48.1 cm³/mol. The molecule has 1 atom stereocenters. The summed E-state index contributed by atoms with van der Waals surface area (Å²) in [7, 11) is 0. The van der Waals surface area contributed by atoms with Crippen LogP contribution in [0.15, 0.2) is 6.20 Å². The van der Waals surface area contributed by atoms with E-state index in [9.17, 15) is 4.79 Å². The molecule has 1 heterocycles. The first-order chi connectivity index (χ1) is 6.43. The van der Waals surface area contributed by atoms with Gasteiger partial charge in [0.25, 0.3) is 0 Å². The average Bonchev–Trinajstić information content (AvgIpc) is 2.45. The van der Waals surface area contributed by atoms with Gasteiger partial charge in [0.1, 0.15) is 6.04 Å². The van der Waals surface area contributed by atoms with Crippen LogP contribution in [0, 0.1) is 0 Å². The van der Waals surface area contributed by atoms with Crippen molar-refractivity contribution in [2.24, 2.45) is 5.73 Å². The lowest BCUT2D eigenvalue weighted by molar-refractivity contribution is -0.138. The molecule has 0 bridgehead atoms. The van der Waals surface area contributed by atoms with Crippen molar-refractivity contribution in [3.8, 4) is 0 Å². The minimum absolute atomic E-state index is 0.0660. The smallest absolute Gasteiger partial charge is 0.326 e. The number of aliphatic carboxylic acids is 1. The Kier molecular flexibility index (Phi) is 2.76. The number of hydrogen-bond donors (Lipinski definition) is 3. The molecule has 0 aliphatic rings. The summed E-state index contributed by atoms with van der Waals surface area (Å²) >= 11 is 0. The van der Waals surface area contributed by atoms with E-state index in [1.54, 1.807) is 0 Å². The third kappa shape index (κ3) is 1.85. The van der Waals surface area contributed by atoms with Gasteiger partial charge in [-0.3, -0.25) is 4.79 Å². The largest absolute Gasteiger partial charge is 0.480 e. The third-order valence-corrected chi connectivity index (χ3v) is 1.94. The molecule has 1 aromatic rings. The Morgan fingerprint density at radius 1 is 1.64 bits per heavy atom. The van der Waals surface area contributed by atoms with Gasteiger partial charge in [-0.15, -0.1) is 9.94 Å². The normalized spacial score (nSPS) is 13.1. The lowest BCUT2D eigenvalue weighted by Gasteiger charge is -2.07. The van der Waals surface area contributed by atoms with Crippen LogP contribution < -0.4 is 5.73 Å². The van der Waals surface area contributed by atoms with Crippen LogP contribution in [0.2, 0.25) is 0 Å². The van der Waals surface area contributed by atoms with Crippen molar-refractivity contribution >= 4 is 5.97 Å². The van der Waals surface area contributed by atoms with E-state index in [2.05, 4.69) is 5.10 Å². The fraction of sp³-hybridized carbons (Fsp3) is 0.500. The number of nitrogens with zero attached hydrogens (tertiary/aromatic N) is 2. The second-order valence-electron chi connectivity index (χ2n) is 3.36. The Labute approximate surface area is 80.9 Å². The molecule has 0 spiro atoms. The van der Waals surface area contributed by atoms with Crippen molar-refractivity contribution in [1.29, 1.82) is 0 Å². The zero-order valence-corrected chi connectivity index (χ0v) is 8.01. The second-order valence-corrected chi connectivity index (χ2v) is 3.36. The molecular formula is C8H13N3O3. The Morgan fingerprint density at radius 2 is 2.21 bits per heavy atom. The molecule has 0 saturated heterocycles. The minimum Gasteiger partial charge on any atom is -0.480 e. The molecule has 0 amide bonds. The SMILES string of the molecule is CC(C)c1cn(O)nc1[C@H](N)C(=O)O. The van der Waals surface area contributed by atoms with E-state index in [0.717, 1.165) is 0 Å². The van der Waals surface area contributed by atoms with Crippen molar-refractivity contribution in [2.75, 3.05) is 0 Å². The highest BCUT2D eigenvalue weighted by Crippen LogP contribution is 2.22. The van der Waals surface area contributed by atoms with Crippen molar-refractivity contribution < 1.29 is 15.1 Å². The highest BCUT2D eigenvalue weighted by atomic mass is 16.5. The molecule has 0 aliphatic heterocycles. The van der Waals surface area contributed by atoms with E-state index in [1.807, 2.05) is 13.8 Å². The minimum atomic E-state index is -1.19. The lowest BCUT2D eigenvalue weighted by atomic mass is 10.0. The second kappa shape index (κ2) is 3.67. The van der Waals surface area contributed by atoms with Crippen molar-refractivity contribution in [3.63, 3.8) is 0 Å². The topological polar surface area (TPSA) is 101 Å². The summed E-state index contributed by atoms with van der Waals surface area (Å²) in [6.07, 6.45) is 1.36. The number of carboxylic acid groups (broad SMARTS) is 1. The maximum atomic E-state index is 10.6. The number of carbonyl (C=O) groups is 1. The molecule has 6 heteroatoms. The third-order valence-electron chi connectivity index (χ3n) is 1.94. The van der Waals surface area contributed by atoms with Crippen LogP contribution in [0.5, 0.6) is 0 Å². The number of nitrogens with two attached hydrogens (primary N) is 1. The maximum absolute atomic E-state index is 10.6. The molecule has 4 N–H and O–H groups in total. The molecule has 14 heavy (non-hydrogen) atoms. The Hall–Kier alpha value is -1.56. The average molecular weight is 199 g/mol. The fourth-order valence-electron chi connectivity index (χ4n) is 1.19. The van der Waals surface area contributed by atoms with Crippen molar-refractivity contribution in [1.82, 2.24) is 9.94 Å². The standard InChI is InChI=1S/C8H13N3O3/c1-4(2)5-3-11(14)10-7(5)6(9)8(12)13/h3-4,6,14H,9H2,1-2H3,(H,12,13)/t6-/m0/s1. The highest BCUT2D eigenvalue weighted by molar-refractivity contribution is 5.75. The van der Waals surface area contributed by atoms with Crippen LogP contribution in [0.3, 0.4) is 0 Å². The van der Waals surface area contributed by atoms with Gasteiger partial charge in [0.2, 0.25) is 0 Å². The molecule has 1 aromatic heterocycles. The number of hydrogen-bond acceptors (Lipinski definition) is 4. The van der Waals surface area contributed by atoms with E-state index in [0.29, 0.717) is 10.4 Å². The van der Waals surface area contributed by atoms with Gasteiger partial charge in [-0.2, -0.15) is 0 Å². The zero-order valence-electron chi connectivity index (χ0n) is 8.01. The first kappa shape index (κ1) is 10.5. The van der Waals surface area contributed by atoms with Gasteiger partial charge in [0.15, 0.2) is 0 Å². The van der Waals surface area contributed by atoms with Crippen molar-refractivity contribution in [2.45, 2.75) is 25.8 Å².